The maximum absolute atomic E-state index is 10.4. The number of nitrogens with one attached hydrogen (secondary N) is 2. The van der Waals surface area contributed by atoms with Gasteiger partial charge in [0.15, 0.2) is 0 Å². The van der Waals surface area contributed by atoms with E-state index in [9.17, 15) is 4.79 Å². The summed E-state index contributed by atoms with van der Waals surface area (Å²) in [5.41, 5.74) is 6.64. The zero-order valence-electron chi connectivity index (χ0n) is 9.16. The second kappa shape index (κ2) is 4.21. The number of carboxylic acid groups (broad SMARTS) is 1. The number of benzene rings is 1. The molecule has 1 rings (SSSR count). The molecule has 0 atom stereocenters. The van der Waals surface area contributed by atoms with E-state index in [1.165, 1.54) is 0 Å². The Morgan fingerprint density at radius 2 is 1.87 bits per heavy atom. The summed E-state index contributed by atoms with van der Waals surface area (Å²) in [5.74, 6) is 0. The smallest absolute Gasteiger partial charge is 0.423 e. The molecule has 0 aliphatic heterocycles. The highest BCUT2D eigenvalue weighted by Gasteiger charge is 2.17. The first-order valence-electron chi connectivity index (χ1n) is 4.76. The Kier molecular flexibility index (Phi) is 3.19. The lowest BCUT2D eigenvalue weighted by atomic mass is 9.86. The normalized spacial score (nSPS) is 10.9. The number of hydrazine groups is 1. The molecule has 82 valence electrons. The van der Waals surface area contributed by atoms with Crippen LogP contribution in [0.25, 0.3) is 0 Å². The molecule has 4 heteroatoms. The monoisotopic (exact) mass is 208 g/mol. The van der Waals surface area contributed by atoms with Crippen molar-refractivity contribution in [3.8, 4) is 0 Å². The van der Waals surface area contributed by atoms with Gasteiger partial charge in [-0.2, -0.15) is 0 Å². The predicted octanol–water partition coefficient (Wildman–Crippen LogP) is 2.58. The van der Waals surface area contributed by atoms with E-state index < -0.39 is 6.09 Å². The topological polar surface area (TPSA) is 61.4 Å². The van der Waals surface area contributed by atoms with Crippen LogP contribution >= 0.6 is 0 Å². The highest BCUT2D eigenvalue weighted by Crippen LogP contribution is 2.28. The highest BCUT2D eigenvalue weighted by atomic mass is 16.4. The Balaban J connectivity index is 2.92. The Hall–Kier alpha value is -1.71. The average Bonchev–Trinajstić information content (AvgIpc) is 2.13. The Labute approximate surface area is 89.3 Å². The predicted molar refractivity (Wildman–Crippen MR) is 59.9 cm³/mol. The molecule has 1 aromatic carbocycles. The third-order valence-electron chi connectivity index (χ3n) is 2.04. The van der Waals surface area contributed by atoms with Crippen LogP contribution in [0.5, 0.6) is 0 Å². The number of carbonyl (C=O) groups is 1. The minimum Gasteiger partial charge on any atom is -0.464 e. The van der Waals surface area contributed by atoms with Crippen molar-refractivity contribution in [2.75, 3.05) is 5.43 Å². The number of anilines is 1. The second-order valence-corrected chi connectivity index (χ2v) is 4.35. The van der Waals surface area contributed by atoms with E-state index >= 15 is 0 Å². The van der Waals surface area contributed by atoms with Crippen molar-refractivity contribution in [2.24, 2.45) is 0 Å². The average molecular weight is 208 g/mol. The Morgan fingerprint density at radius 1 is 1.27 bits per heavy atom. The summed E-state index contributed by atoms with van der Waals surface area (Å²) >= 11 is 0. The van der Waals surface area contributed by atoms with Gasteiger partial charge in [-0.25, -0.2) is 10.2 Å². The minimum absolute atomic E-state index is 0.0240. The van der Waals surface area contributed by atoms with E-state index in [0.29, 0.717) is 0 Å². The van der Waals surface area contributed by atoms with Crippen molar-refractivity contribution in [1.82, 2.24) is 5.43 Å². The van der Waals surface area contributed by atoms with Gasteiger partial charge in [0, 0.05) is 0 Å². The summed E-state index contributed by atoms with van der Waals surface area (Å²) in [7, 11) is 0. The molecule has 3 N–H and O–H groups in total. The lowest BCUT2D eigenvalue weighted by molar-refractivity contribution is 0.197. The summed E-state index contributed by atoms with van der Waals surface area (Å²) in [6.45, 7) is 6.23. The van der Waals surface area contributed by atoms with Crippen LogP contribution in [0.4, 0.5) is 10.5 Å². The minimum atomic E-state index is -1.10. The molecule has 0 unspecified atom stereocenters. The van der Waals surface area contributed by atoms with Crippen LogP contribution in [0.2, 0.25) is 0 Å². The largest absolute Gasteiger partial charge is 0.464 e. The zero-order valence-corrected chi connectivity index (χ0v) is 9.16. The fourth-order valence-electron chi connectivity index (χ4n) is 1.37. The number of rotatable bonds is 2. The number of amides is 1. The summed E-state index contributed by atoms with van der Waals surface area (Å²) in [6.07, 6.45) is -1.10. The molecule has 1 amide bonds. The Morgan fingerprint density at radius 3 is 2.40 bits per heavy atom. The van der Waals surface area contributed by atoms with Gasteiger partial charge in [0.25, 0.3) is 0 Å². The molecule has 0 radical (unpaired) electrons. The molecule has 0 fully saturated rings. The summed E-state index contributed by atoms with van der Waals surface area (Å²) < 4.78 is 0. The third kappa shape index (κ3) is 3.16. The van der Waals surface area contributed by atoms with Crippen LogP contribution in [-0.4, -0.2) is 11.2 Å². The molecule has 0 aromatic heterocycles. The summed E-state index contributed by atoms with van der Waals surface area (Å²) in [5, 5.41) is 8.49. The van der Waals surface area contributed by atoms with Crippen LogP contribution < -0.4 is 10.9 Å². The number of hydrogen-bond donors (Lipinski definition) is 3. The lowest BCUT2D eigenvalue weighted by Crippen LogP contribution is -2.29. The van der Waals surface area contributed by atoms with Gasteiger partial charge in [-0.1, -0.05) is 39.0 Å². The number of hydrogen-bond acceptors (Lipinski definition) is 2. The molecule has 0 aliphatic carbocycles. The van der Waals surface area contributed by atoms with Gasteiger partial charge in [0.05, 0.1) is 5.69 Å². The highest BCUT2D eigenvalue weighted by molar-refractivity contribution is 5.68. The van der Waals surface area contributed by atoms with Crippen molar-refractivity contribution in [3.63, 3.8) is 0 Å². The van der Waals surface area contributed by atoms with Crippen molar-refractivity contribution in [1.29, 1.82) is 0 Å². The molecule has 0 bridgehead atoms. The van der Waals surface area contributed by atoms with Crippen LogP contribution in [0.15, 0.2) is 24.3 Å². The van der Waals surface area contributed by atoms with E-state index in [4.69, 9.17) is 5.11 Å². The third-order valence-corrected chi connectivity index (χ3v) is 2.04. The molecule has 1 aromatic rings. The van der Waals surface area contributed by atoms with Gasteiger partial charge in [-0.05, 0) is 17.0 Å². The molecule has 15 heavy (non-hydrogen) atoms. The fraction of sp³-hybridized carbons (Fsp3) is 0.364. The van der Waals surface area contributed by atoms with Crippen molar-refractivity contribution in [3.05, 3.63) is 29.8 Å². The standard InChI is InChI=1S/C11H16N2O2/c1-11(2,3)8-6-4-5-7-9(8)12-13-10(14)15/h4-7,12-13H,1-3H3,(H,14,15). The quantitative estimate of drug-likeness (QED) is 0.654. The molecule has 4 nitrogen and oxygen atoms in total. The van der Waals surface area contributed by atoms with Crippen molar-refractivity contribution >= 4 is 11.8 Å². The molecule has 0 aliphatic rings. The van der Waals surface area contributed by atoms with Gasteiger partial charge in [0.1, 0.15) is 0 Å². The van der Waals surface area contributed by atoms with Gasteiger partial charge < -0.3 is 5.11 Å². The first-order valence-corrected chi connectivity index (χ1v) is 4.76. The molecular formula is C11H16N2O2. The van der Waals surface area contributed by atoms with Gasteiger partial charge >= 0.3 is 6.09 Å². The van der Waals surface area contributed by atoms with E-state index in [0.717, 1.165) is 11.3 Å². The summed E-state index contributed by atoms with van der Waals surface area (Å²) in [4.78, 5) is 10.4. The number of para-hydroxylation sites is 1. The second-order valence-electron chi connectivity index (χ2n) is 4.35. The van der Waals surface area contributed by atoms with Crippen LogP contribution in [0, 0.1) is 0 Å². The van der Waals surface area contributed by atoms with Crippen LogP contribution in [-0.2, 0) is 5.41 Å². The molecule has 0 saturated carbocycles. The van der Waals surface area contributed by atoms with E-state index in [1.807, 2.05) is 24.3 Å². The van der Waals surface area contributed by atoms with E-state index in [-0.39, 0.29) is 5.41 Å². The SMILES string of the molecule is CC(C)(C)c1ccccc1NNC(=O)O. The Bertz CT molecular complexity index is 356. The first kappa shape index (κ1) is 11.4. The van der Waals surface area contributed by atoms with E-state index in [2.05, 4.69) is 31.6 Å². The van der Waals surface area contributed by atoms with Gasteiger partial charge in [-0.3, -0.25) is 5.43 Å². The molecular weight excluding hydrogens is 192 g/mol. The van der Waals surface area contributed by atoms with Crippen molar-refractivity contribution < 1.29 is 9.90 Å². The zero-order chi connectivity index (χ0) is 11.5. The van der Waals surface area contributed by atoms with Crippen molar-refractivity contribution in [2.45, 2.75) is 26.2 Å². The van der Waals surface area contributed by atoms with Gasteiger partial charge in [-0.15, -0.1) is 0 Å². The summed E-state index contributed by atoms with van der Waals surface area (Å²) in [6, 6.07) is 7.62. The van der Waals surface area contributed by atoms with E-state index in [1.54, 1.807) is 0 Å². The van der Waals surface area contributed by atoms with Gasteiger partial charge in [0.2, 0.25) is 0 Å². The molecule has 0 spiro atoms. The lowest BCUT2D eigenvalue weighted by Gasteiger charge is -2.23. The molecule has 0 saturated heterocycles. The maximum Gasteiger partial charge on any atom is 0.423 e. The fourth-order valence-corrected chi connectivity index (χ4v) is 1.37. The van der Waals surface area contributed by atoms with Crippen LogP contribution in [0.3, 0.4) is 0 Å². The molecule has 0 heterocycles. The van der Waals surface area contributed by atoms with Crippen LogP contribution in [0.1, 0.15) is 26.3 Å². The maximum atomic E-state index is 10.4. The first-order chi connectivity index (χ1) is 6.91.